The number of thiophene rings is 1. The number of nitrogens with two attached hydrogens (primary N) is 1. The first-order valence-electron chi connectivity index (χ1n) is 8.13. The smallest absolute Gasteiger partial charge is 0.267 e. The minimum absolute atomic E-state index is 0.341. The second-order valence-corrected chi connectivity index (χ2v) is 8.32. The Morgan fingerprint density at radius 2 is 1.61 bits per heavy atom. The molecule has 0 aliphatic rings. The molecule has 0 aliphatic carbocycles. The van der Waals surface area contributed by atoms with Crippen LogP contribution in [0, 0.1) is 0 Å². The molecule has 0 unspecified atom stereocenters. The van der Waals surface area contributed by atoms with Crippen molar-refractivity contribution in [3.05, 3.63) is 74.5 Å². The van der Waals surface area contributed by atoms with Crippen molar-refractivity contribution in [1.82, 2.24) is 4.98 Å². The molecule has 2 aromatic heterocycles. The third kappa shape index (κ3) is 3.80. The molecule has 0 spiro atoms. The van der Waals surface area contributed by atoms with Crippen LogP contribution in [-0.2, 0) is 0 Å². The van der Waals surface area contributed by atoms with Crippen LogP contribution in [0.1, 0.15) is 9.67 Å². The molecular formula is C20H12Cl3N3OS. The van der Waals surface area contributed by atoms with Crippen LogP contribution in [0.5, 0.6) is 0 Å². The lowest BCUT2D eigenvalue weighted by Crippen LogP contribution is -2.11. The molecule has 140 valence electrons. The van der Waals surface area contributed by atoms with E-state index >= 15 is 0 Å². The monoisotopic (exact) mass is 447 g/mol. The predicted octanol–water partition coefficient (Wildman–Crippen LogP) is 6.76. The van der Waals surface area contributed by atoms with Gasteiger partial charge >= 0.3 is 0 Å². The summed E-state index contributed by atoms with van der Waals surface area (Å²) >= 11 is 19.1. The normalized spacial score (nSPS) is 11.0. The molecule has 0 radical (unpaired) electrons. The molecule has 8 heteroatoms. The maximum atomic E-state index is 12.7. The molecule has 0 saturated heterocycles. The lowest BCUT2D eigenvalue weighted by atomic mass is 10.1. The Balaban J connectivity index is 1.68. The number of rotatable bonds is 3. The number of carbonyl (C=O) groups excluding carboxylic acids is 1. The number of carbonyl (C=O) groups is 1. The van der Waals surface area contributed by atoms with E-state index in [1.54, 1.807) is 30.3 Å². The van der Waals surface area contributed by atoms with E-state index in [9.17, 15) is 4.79 Å². The zero-order valence-corrected chi connectivity index (χ0v) is 17.3. The molecule has 0 atom stereocenters. The number of aromatic nitrogens is 1. The summed E-state index contributed by atoms with van der Waals surface area (Å²) in [5, 5.41) is 5.03. The Hall–Kier alpha value is -2.31. The highest BCUT2D eigenvalue weighted by molar-refractivity contribution is 7.21. The number of nitrogens with one attached hydrogen (secondary N) is 1. The van der Waals surface area contributed by atoms with E-state index in [1.807, 2.05) is 24.3 Å². The van der Waals surface area contributed by atoms with Crippen molar-refractivity contribution in [2.75, 3.05) is 11.1 Å². The molecule has 2 aromatic carbocycles. The number of halogens is 3. The average Bonchev–Trinajstić information content (AvgIpc) is 2.98. The summed E-state index contributed by atoms with van der Waals surface area (Å²) in [7, 11) is 0. The van der Waals surface area contributed by atoms with Gasteiger partial charge in [0.15, 0.2) is 0 Å². The molecule has 0 aliphatic heterocycles. The Morgan fingerprint density at radius 3 is 2.29 bits per heavy atom. The maximum absolute atomic E-state index is 12.7. The van der Waals surface area contributed by atoms with Gasteiger partial charge in [0.1, 0.15) is 9.71 Å². The number of hydrogen-bond acceptors (Lipinski definition) is 4. The van der Waals surface area contributed by atoms with Crippen LogP contribution in [0.25, 0.3) is 21.5 Å². The lowest BCUT2D eigenvalue weighted by Gasteiger charge is -2.05. The molecule has 0 bridgehead atoms. The molecule has 2 heterocycles. The first kappa shape index (κ1) is 19.0. The van der Waals surface area contributed by atoms with Gasteiger partial charge < -0.3 is 11.1 Å². The number of anilines is 2. The number of benzene rings is 2. The van der Waals surface area contributed by atoms with Crippen LogP contribution in [-0.4, -0.2) is 10.9 Å². The molecule has 3 N–H and O–H groups in total. The molecule has 28 heavy (non-hydrogen) atoms. The third-order valence-corrected chi connectivity index (χ3v) is 5.86. The van der Waals surface area contributed by atoms with Crippen LogP contribution in [0.2, 0.25) is 15.1 Å². The van der Waals surface area contributed by atoms with Crippen molar-refractivity contribution in [2.24, 2.45) is 0 Å². The standard InChI is InChI=1S/C20H12Cl3N3OS/c21-11-3-1-10(2-4-11)16-6-5-15-17(24)18(28-20(15)26-16)19(27)25-14-8-12(22)7-13(23)9-14/h1-9H,24H2,(H,25,27). The Morgan fingerprint density at radius 1 is 0.929 bits per heavy atom. The van der Waals surface area contributed by atoms with E-state index in [4.69, 9.17) is 40.5 Å². The lowest BCUT2D eigenvalue weighted by molar-refractivity contribution is 0.103. The number of fused-ring (bicyclic) bond motifs is 1. The fourth-order valence-electron chi connectivity index (χ4n) is 2.76. The van der Waals surface area contributed by atoms with Crippen molar-refractivity contribution >= 4 is 73.6 Å². The number of pyridine rings is 1. The van der Waals surface area contributed by atoms with Gasteiger partial charge in [-0.1, -0.05) is 46.9 Å². The SMILES string of the molecule is Nc1c(C(=O)Nc2cc(Cl)cc(Cl)c2)sc2nc(-c3ccc(Cl)cc3)ccc12. The molecule has 1 amide bonds. The van der Waals surface area contributed by atoms with Gasteiger partial charge in [-0.15, -0.1) is 11.3 Å². The zero-order valence-electron chi connectivity index (χ0n) is 14.2. The minimum atomic E-state index is -0.341. The highest BCUT2D eigenvalue weighted by Gasteiger charge is 2.18. The van der Waals surface area contributed by atoms with E-state index in [0.29, 0.717) is 36.2 Å². The summed E-state index contributed by atoms with van der Waals surface area (Å²) < 4.78 is 0. The molecule has 4 rings (SSSR count). The summed E-state index contributed by atoms with van der Waals surface area (Å²) in [5.41, 5.74) is 8.79. The van der Waals surface area contributed by atoms with Gasteiger partial charge in [-0.3, -0.25) is 4.79 Å². The molecule has 4 nitrogen and oxygen atoms in total. The van der Waals surface area contributed by atoms with E-state index in [2.05, 4.69) is 10.3 Å². The largest absolute Gasteiger partial charge is 0.397 e. The molecular weight excluding hydrogens is 437 g/mol. The van der Waals surface area contributed by atoms with Gasteiger partial charge in [-0.2, -0.15) is 0 Å². The third-order valence-electron chi connectivity index (χ3n) is 4.06. The highest BCUT2D eigenvalue weighted by Crippen LogP contribution is 2.35. The fourth-order valence-corrected chi connectivity index (χ4v) is 4.40. The summed E-state index contributed by atoms with van der Waals surface area (Å²) in [4.78, 5) is 18.4. The number of nitrogens with zero attached hydrogens (tertiary/aromatic N) is 1. The minimum Gasteiger partial charge on any atom is -0.397 e. The van der Waals surface area contributed by atoms with Gasteiger partial charge in [0.2, 0.25) is 0 Å². The number of hydrogen-bond donors (Lipinski definition) is 2. The van der Waals surface area contributed by atoms with Crippen LogP contribution in [0.3, 0.4) is 0 Å². The van der Waals surface area contributed by atoms with Crippen molar-refractivity contribution in [2.45, 2.75) is 0 Å². The first-order chi connectivity index (χ1) is 13.4. The van der Waals surface area contributed by atoms with Gasteiger partial charge in [0.25, 0.3) is 5.91 Å². The Labute approximate surface area is 179 Å². The summed E-state index contributed by atoms with van der Waals surface area (Å²) in [5.74, 6) is -0.341. The number of amides is 1. The highest BCUT2D eigenvalue weighted by atomic mass is 35.5. The summed E-state index contributed by atoms with van der Waals surface area (Å²) in [6, 6.07) is 16.0. The van der Waals surface area contributed by atoms with Gasteiger partial charge in [0, 0.05) is 31.7 Å². The van der Waals surface area contributed by atoms with Gasteiger partial charge in [-0.05, 0) is 42.5 Å². The van der Waals surface area contributed by atoms with Crippen LogP contribution >= 0.6 is 46.1 Å². The number of nitrogen functional groups attached to an aromatic ring is 1. The first-order valence-corrected chi connectivity index (χ1v) is 10.1. The Kier molecular flexibility index (Phi) is 5.17. The van der Waals surface area contributed by atoms with Gasteiger partial charge in [-0.25, -0.2) is 4.98 Å². The second-order valence-electron chi connectivity index (χ2n) is 6.01. The van der Waals surface area contributed by atoms with Crippen LogP contribution in [0.4, 0.5) is 11.4 Å². The molecule has 0 saturated carbocycles. The van der Waals surface area contributed by atoms with Crippen LogP contribution in [0.15, 0.2) is 54.6 Å². The summed E-state index contributed by atoms with van der Waals surface area (Å²) in [6.07, 6.45) is 0. The second kappa shape index (κ2) is 7.60. The zero-order chi connectivity index (χ0) is 19.8. The van der Waals surface area contributed by atoms with Crippen molar-refractivity contribution in [1.29, 1.82) is 0 Å². The topological polar surface area (TPSA) is 68.0 Å². The van der Waals surface area contributed by atoms with E-state index in [0.717, 1.165) is 16.6 Å². The van der Waals surface area contributed by atoms with Gasteiger partial charge in [0.05, 0.1) is 11.4 Å². The maximum Gasteiger partial charge on any atom is 0.267 e. The quantitative estimate of drug-likeness (QED) is 0.364. The van der Waals surface area contributed by atoms with Crippen molar-refractivity contribution in [3.63, 3.8) is 0 Å². The average molecular weight is 449 g/mol. The van der Waals surface area contributed by atoms with E-state index in [-0.39, 0.29) is 5.91 Å². The molecule has 0 fully saturated rings. The van der Waals surface area contributed by atoms with E-state index < -0.39 is 0 Å². The fraction of sp³-hybridized carbons (Fsp3) is 0. The molecule has 4 aromatic rings. The van der Waals surface area contributed by atoms with Crippen molar-refractivity contribution < 1.29 is 4.79 Å². The Bertz CT molecular complexity index is 1190. The van der Waals surface area contributed by atoms with Crippen LogP contribution < -0.4 is 11.1 Å². The van der Waals surface area contributed by atoms with Crippen molar-refractivity contribution in [3.8, 4) is 11.3 Å². The predicted molar refractivity (Wildman–Crippen MR) is 119 cm³/mol. The summed E-state index contributed by atoms with van der Waals surface area (Å²) in [6.45, 7) is 0. The van der Waals surface area contributed by atoms with E-state index in [1.165, 1.54) is 11.3 Å².